The van der Waals surface area contributed by atoms with Gasteiger partial charge in [-0.1, -0.05) is 84.9 Å². The number of nitrogens with one attached hydrogen (secondary N) is 2. The van der Waals surface area contributed by atoms with E-state index in [9.17, 15) is 8.78 Å². The standard InChI is InChI=1S/C28H26F2N2/c29-25-15-11-23(12-16-25)27(31-19-21-7-3-1-4-8-21)28(24-13-17-26(30)18-14-24)32-20-22-9-5-2-6-10-22/h1-18,27-28,31-32H,19-20H2. The molecular weight excluding hydrogens is 402 g/mol. The van der Waals surface area contributed by atoms with Crippen molar-refractivity contribution in [3.05, 3.63) is 143 Å². The molecule has 2 atom stereocenters. The van der Waals surface area contributed by atoms with E-state index in [0.717, 1.165) is 22.3 Å². The number of hydrogen-bond acceptors (Lipinski definition) is 2. The quantitative estimate of drug-likeness (QED) is 0.326. The smallest absolute Gasteiger partial charge is 0.123 e. The maximum absolute atomic E-state index is 13.7. The monoisotopic (exact) mass is 428 g/mol. The summed E-state index contributed by atoms with van der Waals surface area (Å²) in [4.78, 5) is 0. The molecule has 0 aromatic heterocycles. The van der Waals surface area contributed by atoms with Gasteiger partial charge in [0, 0.05) is 13.1 Å². The predicted octanol–water partition coefficient (Wildman–Crippen LogP) is 6.33. The van der Waals surface area contributed by atoms with Gasteiger partial charge in [-0.05, 0) is 46.5 Å². The van der Waals surface area contributed by atoms with Gasteiger partial charge in [0.05, 0.1) is 12.1 Å². The molecule has 0 fully saturated rings. The zero-order valence-corrected chi connectivity index (χ0v) is 17.7. The molecule has 0 amide bonds. The Hall–Kier alpha value is -3.34. The predicted molar refractivity (Wildman–Crippen MR) is 125 cm³/mol. The minimum absolute atomic E-state index is 0.162. The van der Waals surface area contributed by atoms with E-state index >= 15 is 0 Å². The van der Waals surface area contributed by atoms with Crippen LogP contribution in [0, 0.1) is 11.6 Å². The highest BCUT2D eigenvalue weighted by Crippen LogP contribution is 2.30. The van der Waals surface area contributed by atoms with Crippen molar-refractivity contribution in [1.29, 1.82) is 0 Å². The van der Waals surface area contributed by atoms with Gasteiger partial charge in [0.1, 0.15) is 11.6 Å². The zero-order valence-electron chi connectivity index (χ0n) is 17.7. The lowest BCUT2D eigenvalue weighted by molar-refractivity contribution is 0.380. The van der Waals surface area contributed by atoms with E-state index in [-0.39, 0.29) is 23.7 Å². The average molecular weight is 429 g/mol. The Morgan fingerprint density at radius 1 is 0.469 bits per heavy atom. The van der Waals surface area contributed by atoms with Gasteiger partial charge in [-0.15, -0.1) is 0 Å². The fourth-order valence-corrected chi connectivity index (χ4v) is 3.84. The molecule has 2 nitrogen and oxygen atoms in total. The van der Waals surface area contributed by atoms with Crippen LogP contribution in [-0.2, 0) is 13.1 Å². The van der Waals surface area contributed by atoms with E-state index in [1.54, 1.807) is 24.3 Å². The lowest BCUT2D eigenvalue weighted by Gasteiger charge is -2.30. The van der Waals surface area contributed by atoms with Crippen LogP contribution in [0.5, 0.6) is 0 Å². The van der Waals surface area contributed by atoms with E-state index in [0.29, 0.717) is 13.1 Å². The number of benzene rings is 4. The second-order valence-electron chi connectivity index (χ2n) is 7.79. The van der Waals surface area contributed by atoms with Gasteiger partial charge in [-0.3, -0.25) is 0 Å². The van der Waals surface area contributed by atoms with Gasteiger partial charge in [-0.2, -0.15) is 0 Å². The fourth-order valence-electron chi connectivity index (χ4n) is 3.84. The van der Waals surface area contributed by atoms with Crippen LogP contribution in [0.1, 0.15) is 34.3 Å². The molecule has 0 spiro atoms. The molecule has 0 saturated heterocycles. The van der Waals surface area contributed by atoms with Crippen molar-refractivity contribution in [2.75, 3.05) is 0 Å². The Morgan fingerprint density at radius 2 is 0.812 bits per heavy atom. The number of halogens is 2. The van der Waals surface area contributed by atoms with Gasteiger partial charge >= 0.3 is 0 Å². The van der Waals surface area contributed by atoms with E-state index in [2.05, 4.69) is 34.9 Å². The van der Waals surface area contributed by atoms with Crippen molar-refractivity contribution < 1.29 is 8.78 Å². The molecule has 0 radical (unpaired) electrons. The lowest BCUT2D eigenvalue weighted by atomic mass is 9.92. The van der Waals surface area contributed by atoms with Crippen LogP contribution in [0.25, 0.3) is 0 Å². The highest BCUT2D eigenvalue weighted by atomic mass is 19.1. The topological polar surface area (TPSA) is 24.1 Å². The van der Waals surface area contributed by atoms with Crippen LogP contribution in [0.4, 0.5) is 8.78 Å². The van der Waals surface area contributed by atoms with Crippen molar-refractivity contribution in [2.24, 2.45) is 0 Å². The average Bonchev–Trinajstić information content (AvgIpc) is 2.84. The first kappa shape index (κ1) is 21.9. The second kappa shape index (κ2) is 10.8. The normalized spacial score (nSPS) is 12.9. The molecule has 4 aromatic rings. The van der Waals surface area contributed by atoms with Crippen molar-refractivity contribution in [3.8, 4) is 0 Å². The summed E-state index contributed by atoms with van der Waals surface area (Å²) in [6.07, 6.45) is 0. The molecule has 4 aromatic carbocycles. The summed E-state index contributed by atoms with van der Waals surface area (Å²) in [6, 6.07) is 33.1. The van der Waals surface area contributed by atoms with Gasteiger partial charge in [-0.25, -0.2) is 8.78 Å². The molecule has 4 heteroatoms. The third-order valence-electron chi connectivity index (χ3n) is 5.53. The van der Waals surface area contributed by atoms with E-state index in [1.165, 1.54) is 24.3 Å². The first-order valence-electron chi connectivity index (χ1n) is 10.7. The molecule has 0 saturated carbocycles. The minimum atomic E-state index is -0.272. The Bertz CT molecular complexity index is 991. The molecule has 4 rings (SSSR count). The van der Waals surface area contributed by atoms with Gasteiger partial charge in [0.15, 0.2) is 0 Å². The summed E-state index contributed by atoms with van der Waals surface area (Å²) in [6.45, 7) is 1.29. The highest BCUT2D eigenvalue weighted by Gasteiger charge is 2.24. The van der Waals surface area contributed by atoms with Crippen LogP contribution in [0.3, 0.4) is 0 Å². The van der Waals surface area contributed by atoms with Crippen LogP contribution < -0.4 is 10.6 Å². The molecule has 162 valence electrons. The van der Waals surface area contributed by atoms with Crippen molar-refractivity contribution in [1.82, 2.24) is 10.6 Å². The Morgan fingerprint density at radius 3 is 1.16 bits per heavy atom. The van der Waals surface area contributed by atoms with Crippen molar-refractivity contribution in [3.63, 3.8) is 0 Å². The van der Waals surface area contributed by atoms with Crippen LogP contribution in [-0.4, -0.2) is 0 Å². The summed E-state index contributed by atoms with van der Waals surface area (Å²) in [5.74, 6) is -0.544. The molecule has 0 bridgehead atoms. The Balaban J connectivity index is 1.66. The Kier molecular flexibility index (Phi) is 7.38. The minimum Gasteiger partial charge on any atom is -0.304 e. The first-order valence-corrected chi connectivity index (χ1v) is 10.7. The maximum atomic E-state index is 13.7. The van der Waals surface area contributed by atoms with Crippen LogP contribution >= 0.6 is 0 Å². The highest BCUT2D eigenvalue weighted by molar-refractivity contribution is 5.29. The number of hydrogen-bond donors (Lipinski definition) is 2. The zero-order chi connectivity index (χ0) is 22.2. The van der Waals surface area contributed by atoms with Crippen LogP contribution in [0.2, 0.25) is 0 Å². The molecule has 0 heterocycles. The van der Waals surface area contributed by atoms with E-state index in [4.69, 9.17) is 0 Å². The second-order valence-corrected chi connectivity index (χ2v) is 7.79. The maximum Gasteiger partial charge on any atom is 0.123 e. The molecule has 0 aliphatic heterocycles. The molecule has 2 unspecified atom stereocenters. The lowest BCUT2D eigenvalue weighted by Crippen LogP contribution is -2.35. The van der Waals surface area contributed by atoms with E-state index in [1.807, 2.05) is 36.4 Å². The Labute approximate surface area is 187 Å². The summed E-state index contributed by atoms with van der Waals surface area (Å²) < 4.78 is 27.3. The largest absolute Gasteiger partial charge is 0.304 e. The molecule has 32 heavy (non-hydrogen) atoms. The van der Waals surface area contributed by atoms with Gasteiger partial charge in [0.25, 0.3) is 0 Å². The van der Waals surface area contributed by atoms with Gasteiger partial charge in [0.2, 0.25) is 0 Å². The molecule has 0 aliphatic rings. The third-order valence-corrected chi connectivity index (χ3v) is 5.53. The summed E-state index contributed by atoms with van der Waals surface area (Å²) >= 11 is 0. The summed E-state index contributed by atoms with van der Waals surface area (Å²) in [7, 11) is 0. The fraction of sp³-hybridized carbons (Fsp3) is 0.143. The van der Waals surface area contributed by atoms with Crippen molar-refractivity contribution >= 4 is 0 Å². The summed E-state index contributed by atoms with van der Waals surface area (Å²) in [5, 5.41) is 7.29. The molecular formula is C28H26F2N2. The van der Waals surface area contributed by atoms with E-state index < -0.39 is 0 Å². The first-order chi connectivity index (χ1) is 15.7. The van der Waals surface area contributed by atoms with Crippen LogP contribution in [0.15, 0.2) is 109 Å². The summed E-state index contributed by atoms with van der Waals surface area (Å²) in [5.41, 5.74) is 4.22. The number of rotatable bonds is 9. The molecule has 0 aliphatic carbocycles. The molecule has 2 N–H and O–H groups in total. The SMILES string of the molecule is Fc1ccc(C(NCc2ccccc2)C(NCc2ccccc2)c2ccc(F)cc2)cc1. The van der Waals surface area contributed by atoms with Crippen molar-refractivity contribution in [2.45, 2.75) is 25.2 Å². The van der Waals surface area contributed by atoms with Gasteiger partial charge < -0.3 is 10.6 Å². The third kappa shape index (κ3) is 5.88.